The number of pyridine rings is 2. The van der Waals surface area contributed by atoms with Crippen molar-refractivity contribution < 1.29 is 21.5 Å². The molecule has 5 aromatic carbocycles. The quantitative estimate of drug-likeness (QED) is 0.117. The standard InChI is InChI=1S/C33H28GeNS.C14H16NSi.Ir/c1-34(2,3)29-19-11-17-27-26-16-10-18-28(32(26)36-33(27)29)30-22-25(20-21-35-30)31(23-12-6-4-7-13-23)24-14-8-5-9-15-24;1-16(2,3)13-9-10-14(15-11-13)12-7-5-4-6-8-12;/h4-17,19-22,31H,1-3H3;4-7,9-11H,1-3H3;/q2*-1;/i31D;;. The van der Waals surface area contributed by atoms with E-state index < -0.39 is 27.2 Å². The molecule has 1 radical (unpaired) electrons. The summed E-state index contributed by atoms with van der Waals surface area (Å²) in [5, 5.41) is 3.98. The number of fused-ring (bicyclic) bond motifs is 3. The summed E-state index contributed by atoms with van der Waals surface area (Å²) in [7, 11) is -1.23. The van der Waals surface area contributed by atoms with E-state index in [-0.39, 0.29) is 20.1 Å². The summed E-state index contributed by atoms with van der Waals surface area (Å²) in [6.07, 6.45) is 3.86. The van der Waals surface area contributed by atoms with Crippen molar-refractivity contribution in [3.8, 4) is 22.5 Å². The van der Waals surface area contributed by atoms with Gasteiger partial charge in [-0.15, -0.1) is 35.9 Å². The summed E-state index contributed by atoms with van der Waals surface area (Å²) in [5.74, 6) is 6.32. The van der Waals surface area contributed by atoms with Crippen LogP contribution in [0.3, 0.4) is 0 Å². The molecular formula is C47H44GeIrN2SSi-2. The molecule has 0 atom stereocenters. The van der Waals surface area contributed by atoms with Crippen LogP contribution < -0.4 is 9.58 Å². The number of thiophene rings is 1. The minimum Gasteiger partial charge on any atom is 0 e. The van der Waals surface area contributed by atoms with Gasteiger partial charge in [0, 0.05) is 26.3 Å². The van der Waals surface area contributed by atoms with Gasteiger partial charge < -0.3 is 4.98 Å². The van der Waals surface area contributed by atoms with Gasteiger partial charge in [0.15, 0.2) is 0 Å². The largest absolute Gasteiger partial charge is 0 e. The van der Waals surface area contributed by atoms with E-state index in [0.29, 0.717) is 0 Å². The molecule has 0 fully saturated rings. The first-order valence-electron chi connectivity index (χ1n) is 18.3. The molecule has 2 nitrogen and oxygen atoms in total. The van der Waals surface area contributed by atoms with Crippen molar-refractivity contribution in [2.45, 2.75) is 42.8 Å². The molecule has 267 valence electrons. The molecule has 53 heavy (non-hydrogen) atoms. The molecule has 8 rings (SSSR count). The summed E-state index contributed by atoms with van der Waals surface area (Å²) in [5.41, 5.74) is 6.69. The zero-order chi connectivity index (χ0) is 37.2. The van der Waals surface area contributed by atoms with Crippen molar-refractivity contribution in [1.82, 2.24) is 9.97 Å². The molecule has 0 aliphatic heterocycles. The maximum absolute atomic E-state index is 9.82. The Morgan fingerprint density at radius 3 is 1.92 bits per heavy atom. The van der Waals surface area contributed by atoms with E-state index >= 15 is 0 Å². The first-order chi connectivity index (χ1) is 25.4. The average molecular weight is 963 g/mol. The van der Waals surface area contributed by atoms with Gasteiger partial charge in [-0.2, -0.15) is 0 Å². The van der Waals surface area contributed by atoms with Crippen molar-refractivity contribution in [2.24, 2.45) is 0 Å². The average Bonchev–Trinajstić information content (AvgIpc) is 3.57. The fourth-order valence-corrected chi connectivity index (χ4v) is 13.7. The summed E-state index contributed by atoms with van der Waals surface area (Å²) in [6, 6.07) is 54.2. The maximum atomic E-state index is 9.82. The third-order valence-electron chi connectivity index (χ3n) is 9.31. The smallest absolute Gasteiger partial charge is 0 e. The van der Waals surface area contributed by atoms with Gasteiger partial charge >= 0.3 is 210 Å². The molecule has 0 N–H and O–H groups in total. The number of rotatable bonds is 7. The predicted molar refractivity (Wildman–Crippen MR) is 230 cm³/mol. The minimum absolute atomic E-state index is 0. The monoisotopic (exact) mass is 964 g/mol. The van der Waals surface area contributed by atoms with Crippen LogP contribution in [0.25, 0.3) is 42.7 Å². The number of hydrogen-bond acceptors (Lipinski definition) is 3. The van der Waals surface area contributed by atoms with Gasteiger partial charge in [-0.25, -0.2) is 0 Å². The van der Waals surface area contributed by atoms with Crippen molar-refractivity contribution in [1.29, 1.82) is 0 Å². The van der Waals surface area contributed by atoms with E-state index in [1.54, 1.807) is 4.40 Å². The Hall–Kier alpha value is -3.97. The van der Waals surface area contributed by atoms with Crippen molar-refractivity contribution in [3.05, 3.63) is 181 Å². The second-order valence-corrected chi connectivity index (χ2v) is 31.8. The zero-order valence-electron chi connectivity index (χ0n) is 32.1. The second-order valence-electron chi connectivity index (χ2n) is 15.1. The van der Waals surface area contributed by atoms with Crippen molar-refractivity contribution >= 4 is 62.4 Å². The van der Waals surface area contributed by atoms with E-state index in [2.05, 4.69) is 96.5 Å². The van der Waals surface area contributed by atoms with Crippen molar-refractivity contribution in [3.63, 3.8) is 0 Å². The zero-order valence-corrected chi connectivity index (χ0v) is 37.4. The minimum atomic E-state index is -2.05. The van der Waals surface area contributed by atoms with Crippen LogP contribution in [0.4, 0.5) is 0 Å². The summed E-state index contributed by atoms with van der Waals surface area (Å²) >= 11 is -0.181. The normalized spacial score (nSPS) is 12.1. The van der Waals surface area contributed by atoms with Crippen LogP contribution in [0.1, 0.15) is 24.0 Å². The summed E-state index contributed by atoms with van der Waals surface area (Å²) in [6.45, 7) is 7.00. The number of aromatic nitrogens is 2. The molecule has 0 saturated heterocycles. The first kappa shape index (κ1) is 37.3. The van der Waals surface area contributed by atoms with Gasteiger partial charge in [0.2, 0.25) is 0 Å². The Labute approximate surface area is 337 Å². The van der Waals surface area contributed by atoms with Crippen molar-refractivity contribution in [2.75, 3.05) is 0 Å². The third kappa shape index (κ3) is 8.72. The fourth-order valence-electron chi connectivity index (χ4n) is 6.53. The second kappa shape index (κ2) is 16.6. The van der Waals surface area contributed by atoms with Gasteiger partial charge in [-0.05, 0) is 10.9 Å². The topological polar surface area (TPSA) is 25.8 Å². The van der Waals surface area contributed by atoms with E-state index in [4.69, 9.17) is 4.98 Å². The molecule has 0 spiro atoms. The van der Waals surface area contributed by atoms with E-state index in [9.17, 15) is 1.37 Å². The van der Waals surface area contributed by atoms with E-state index in [1.807, 2.05) is 121 Å². The van der Waals surface area contributed by atoms with E-state index in [0.717, 1.165) is 39.2 Å². The Kier molecular flexibility index (Phi) is 11.7. The van der Waals surface area contributed by atoms with Gasteiger partial charge in [0.25, 0.3) is 0 Å². The number of benzene rings is 5. The molecule has 0 amide bonds. The number of hydrogen-bond donors (Lipinski definition) is 0. The van der Waals surface area contributed by atoms with Crippen LogP contribution in [-0.4, -0.2) is 31.3 Å². The maximum Gasteiger partial charge on any atom is 0 e. The van der Waals surface area contributed by atoms with Gasteiger partial charge in [-0.1, -0.05) is 43.9 Å². The predicted octanol–water partition coefficient (Wildman–Crippen LogP) is 11.7. The Morgan fingerprint density at radius 1 is 0.642 bits per heavy atom. The van der Waals surface area contributed by atoms with E-state index in [1.165, 1.54) is 25.4 Å². The molecule has 0 aliphatic rings. The van der Waals surface area contributed by atoms with Gasteiger partial charge in [0.05, 0.1) is 8.07 Å². The van der Waals surface area contributed by atoms with Crippen LogP contribution in [0.2, 0.25) is 36.9 Å². The van der Waals surface area contributed by atoms with Crippen LogP contribution >= 0.6 is 11.3 Å². The number of nitrogens with zero attached hydrogens (tertiary/aromatic N) is 2. The molecule has 0 unspecified atom stereocenters. The molecule has 0 saturated carbocycles. The molecule has 0 aliphatic carbocycles. The molecule has 6 heteroatoms. The Bertz CT molecular complexity index is 2440. The van der Waals surface area contributed by atoms with Crippen LogP contribution in [0, 0.1) is 12.1 Å². The Morgan fingerprint density at radius 2 is 1.32 bits per heavy atom. The van der Waals surface area contributed by atoms with Crippen LogP contribution in [0.15, 0.2) is 152 Å². The van der Waals surface area contributed by atoms with Gasteiger partial charge in [0.1, 0.15) is 0 Å². The summed E-state index contributed by atoms with van der Waals surface area (Å²) in [4.78, 5) is 9.32. The molecule has 8 aromatic rings. The molecule has 3 heterocycles. The van der Waals surface area contributed by atoms with Crippen LogP contribution in [0.5, 0.6) is 0 Å². The summed E-state index contributed by atoms with van der Waals surface area (Å²) < 4.78 is 14.0. The Balaban J connectivity index is 0.000000246. The van der Waals surface area contributed by atoms with Gasteiger partial charge in [-0.3, -0.25) is 0 Å². The molecular weight excluding hydrogens is 918 g/mol. The third-order valence-corrected chi connectivity index (χ3v) is 17.3. The SMILES string of the molecule is C[Si](C)(C)c1ccc(-c2[c-]cccc2)nc1.[2H]C(c1ccccc1)(c1ccccc1)c1ccnc(-c2[c-]ccc3c2sc2[c]([Ge]([CH3])([CH3])[CH3])cccc23)c1.[Ir]. The fraction of sp³-hybridized carbons (Fsp3) is 0.149. The molecule has 0 bridgehead atoms. The first-order valence-corrected chi connectivity index (χ1v) is 29.5. The molecule has 3 aromatic heterocycles. The van der Waals surface area contributed by atoms with Crippen LogP contribution in [-0.2, 0) is 20.1 Å².